The minimum absolute atomic E-state index is 0.112. The highest BCUT2D eigenvalue weighted by Gasteiger charge is 2.38. The van der Waals surface area contributed by atoms with E-state index in [4.69, 9.17) is 0 Å². The SMILES string of the molecule is Cc1ccc(S(=O)(=O)N2CCC(C(=O)N(Cc3ccncc3)C3CC3)CC2)cc1C. The lowest BCUT2D eigenvalue weighted by Crippen LogP contribution is -2.44. The van der Waals surface area contributed by atoms with Gasteiger partial charge in [0.1, 0.15) is 0 Å². The third kappa shape index (κ3) is 4.42. The van der Waals surface area contributed by atoms with E-state index in [0.717, 1.165) is 29.5 Å². The van der Waals surface area contributed by atoms with Crippen molar-refractivity contribution in [1.82, 2.24) is 14.2 Å². The van der Waals surface area contributed by atoms with Crippen molar-refractivity contribution >= 4 is 15.9 Å². The maximum Gasteiger partial charge on any atom is 0.243 e. The van der Waals surface area contributed by atoms with Crippen LogP contribution in [0.5, 0.6) is 0 Å². The lowest BCUT2D eigenvalue weighted by Gasteiger charge is -2.34. The van der Waals surface area contributed by atoms with Gasteiger partial charge >= 0.3 is 0 Å². The Morgan fingerprint density at radius 3 is 2.30 bits per heavy atom. The number of hydrogen-bond acceptors (Lipinski definition) is 4. The summed E-state index contributed by atoms with van der Waals surface area (Å²) in [5.74, 6) is 0.0520. The van der Waals surface area contributed by atoms with Crippen molar-refractivity contribution in [3.05, 3.63) is 59.4 Å². The van der Waals surface area contributed by atoms with Crippen LogP contribution in [0.25, 0.3) is 0 Å². The summed E-state index contributed by atoms with van der Waals surface area (Å²) in [6.45, 7) is 5.28. The number of rotatable bonds is 6. The zero-order valence-corrected chi connectivity index (χ0v) is 18.4. The largest absolute Gasteiger partial charge is 0.335 e. The Labute approximate surface area is 179 Å². The molecule has 0 N–H and O–H groups in total. The zero-order chi connectivity index (χ0) is 21.3. The molecule has 2 heterocycles. The Kier molecular flexibility index (Phi) is 5.93. The Balaban J connectivity index is 1.41. The van der Waals surface area contributed by atoms with Crippen molar-refractivity contribution in [2.24, 2.45) is 5.92 Å². The van der Waals surface area contributed by atoms with Crippen molar-refractivity contribution < 1.29 is 13.2 Å². The third-order valence-electron chi connectivity index (χ3n) is 6.29. The van der Waals surface area contributed by atoms with Crippen LogP contribution in [0.3, 0.4) is 0 Å². The van der Waals surface area contributed by atoms with Crippen LogP contribution in [0.2, 0.25) is 0 Å². The Morgan fingerprint density at radius 2 is 1.70 bits per heavy atom. The summed E-state index contributed by atoms with van der Waals surface area (Å²) >= 11 is 0. The standard InChI is InChI=1S/C23H29N3O3S/c1-17-3-6-22(15-18(17)2)30(28,29)25-13-9-20(10-14-25)23(27)26(21-4-5-21)16-19-7-11-24-12-8-19/h3,6-8,11-12,15,20-21H,4-5,9-10,13-14,16H2,1-2H3. The van der Waals surface area contributed by atoms with Crippen molar-refractivity contribution in [3.63, 3.8) is 0 Å². The van der Waals surface area contributed by atoms with E-state index in [-0.39, 0.29) is 11.8 Å². The van der Waals surface area contributed by atoms with Crippen LogP contribution in [-0.2, 0) is 21.4 Å². The smallest absolute Gasteiger partial charge is 0.243 e. The molecular formula is C23H29N3O3S. The number of sulfonamides is 1. The highest BCUT2D eigenvalue weighted by Crippen LogP contribution is 2.32. The lowest BCUT2D eigenvalue weighted by molar-refractivity contribution is -0.138. The van der Waals surface area contributed by atoms with Crippen LogP contribution in [0.15, 0.2) is 47.6 Å². The molecule has 1 aliphatic heterocycles. The summed E-state index contributed by atoms with van der Waals surface area (Å²) in [4.78, 5) is 19.6. The predicted octanol–water partition coefficient (Wildman–Crippen LogP) is 3.29. The molecule has 4 rings (SSSR count). The molecule has 0 bridgehead atoms. The van der Waals surface area contributed by atoms with Crippen LogP contribution in [0, 0.1) is 19.8 Å². The number of aromatic nitrogens is 1. The van der Waals surface area contributed by atoms with Gasteiger partial charge in [0.25, 0.3) is 0 Å². The highest BCUT2D eigenvalue weighted by molar-refractivity contribution is 7.89. The highest BCUT2D eigenvalue weighted by atomic mass is 32.2. The molecule has 2 aliphatic rings. The van der Waals surface area contributed by atoms with E-state index in [1.54, 1.807) is 24.5 Å². The Morgan fingerprint density at radius 1 is 1.03 bits per heavy atom. The molecule has 0 atom stereocenters. The van der Waals surface area contributed by atoms with Crippen LogP contribution >= 0.6 is 0 Å². The van der Waals surface area contributed by atoms with E-state index >= 15 is 0 Å². The normalized spacial score (nSPS) is 18.3. The summed E-state index contributed by atoms with van der Waals surface area (Å²) in [5, 5.41) is 0. The topological polar surface area (TPSA) is 70.6 Å². The fourth-order valence-corrected chi connectivity index (χ4v) is 5.61. The Hall–Kier alpha value is -2.25. The molecule has 1 amide bonds. The monoisotopic (exact) mass is 427 g/mol. The number of pyridine rings is 1. The molecule has 2 aromatic rings. The van der Waals surface area contributed by atoms with Crippen LogP contribution in [-0.4, -0.2) is 47.6 Å². The maximum atomic E-state index is 13.2. The summed E-state index contributed by atoms with van der Waals surface area (Å²) in [6, 6.07) is 9.49. The second-order valence-electron chi connectivity index (χ2n) is 8.48. The van der Waals surface area contributed by atoms with Crippen LogP contribution in [0.1, 0.15) is 42.4 Å². The number of carbonyl (C=O) groups excluding carboxylic acids is 1. The molecule has 1 aromatic heterocycles. The van der Waals surface area contributed by atoms with E-state index < -0.39 is 10.0 Å². The predicted molar refractivity (Wildman–Crippen MR) is 115 cm³/mol. The van der Waals surface area contributed by atoms with Gasteiger partial charge in [0, 0.05) is 44.0 Å². The van der Waals surface area contributed by atoms with E-state index in [1.165, 1.54) is 4.31 Å². The number of aryl methyl sites for hydroxylation is 2. The molecule has 2 fully saturated rings. The zero-order valence-electron chi connectivity index (χ0n) is 17.6. The molecule has 0 unspecified atom stereocenters. The van der Waals surface area contributed by atoms with Gasteiger partial charge < -0.3 is 4.90 Å². The summed E-state index contributed by atoms with van der Waals surface area (Å²) < 4.78 is 27.6. The summed E-state index contributed by atoms with van der Waals surface area (Å²) in [6.07, 6.45) is 6.75. The van der Waals surface area contributed by atoms with Crippen molar-refractivity contribution in [2.45, 2.75) is 57.0 Å². The molecule has 1 aliphatic carbocycles. The fraction of sp³-hybridized carbons (Fsp3) is 0.478. The second kappa shape index (κ2) is 8.47. The van der Waals surface area contributed by atoms with Gasteiger partial charge in [0.05, 0.1) is 4.90 Å². The number of amides is 1. The molecule has 160 valence electrons. The molecular weight excluding hydrogens is 398 g/mol. The molecule has 30 heavy (non-hydrogen) atoms. The third-order valence-corrected chi connectivity index (χ3v) is 8.19. The minimum atomic E-state index is -3.52. The molecule has 1 saturated heterocycles. The first-order valence-electron chi connectivity index (χ1n) is 10.6. The number of piperidine rings is 1. The van der Waals surface area contributed by atoms with E-state index in [9.17, 15) is 13.2 Å². The average Bonchev–Trinajstić information content (AvgIpc) is 3.59. The Bertz CT molecular complexity index is 1010. The van der Waals surface area contributed by atoms with Gasteiger partial charge in [-0.1, -0.05) is 6.07 Å². The van der Waals surface area contributed by atoms with Gasteiger partial charge in [0.2, 0.25) is 15.9 Å². The van der Waals surface area contributed by atoms with Gasteiger partial charge in [0.15, 0.2) is 0 Å². The minimum Gasteiger partial charge on any atom is -0.335 e. The molecule has 7 heteroatoms. The van der Waals surface area contributed by atoms with Crippen LogP contribution < -0.4 is 0 Å². The van der Waals surface area contributed by atoms with Gasteiger partial charge in [-0.2, -0.15) is 4.31 Å². The number of benzene rings is 1. The molecule has 1 aromatic carbocycles. The fourth-order valence-electron chi connectivity index (χ4n) is 4.06. The molecule has 0 spiro atoms. The lowest BCUT2D eigenvalue weighted by atomic mass is 9.96. The van der Waals surface area contributed by atoms with Gasteiger partial charge in [-0.05, 0) is 80.5 Å². The number of nitrogens with zero attached hydrogens (tertiary/aromatic N) is 3. The molecule has 1 saturated carbocycles. The molecule has 0 radical (unpaired) electrons. The van der Waals surface area contributed by atoms with Crippen molar-refractivity contribution in [1.29, 1.82) is 0 Å². The number of carbonyl (C=O) groups is 1. The second-order valence-corrected chi connectivity index (χ2v) is 10.4. The van der Waals surface area contributed by atoms with Crippen LogP contribution in [0.4, 0.5) is 0 Å². The van der Waals surface area contributed by atoms with Gasteiger partial charge in [-0.3, -0.25) is 9.78 Å². The van der Waals surface area contributed by atoms with Crippen molar-refractivity contribution in [2.75, 3.05) is 13.1 Å². The summed E-state index contributed by atoms with van der Waals surface area (Å²) in [5.41, 5.74) is 3.13. The maximum absolute atomic E-state index is 13.2. The quantitative estimate of drug-likeness (QED) is 0.709. The average molecular weight is 428 g/mol. The first kappa shape index (κ1) is 21.0. The molecule has 6 nitrogen and oxygen atoms in total. The number of hydrogen-bond donors (Lipinski definition) is 0. The summed E-state index contributed by atoms with van der Waals surface area (Å²) in [7, 11) is -3.52. The van der Waals surface area contributed by atoms with Crippen molar-refractivity contribution in [3.8, 4) is 0 Å². The van der Waals surface area contributed by atoms with E-state index in [1.807, 2.05) is 36.9 Å². The first-order chi connectivity index (χ1) is 14.4. The first-order valence-corrected chi connectivity index (χ1v) is 12.1. The van der Waals surface area contributed by atoms with Gasteiger partial charge in [-0.15, -0.1) is 0 Å². The van der Waals surface area contributed by atoms with E-state index in [2.05, 4.69) is 4.98 Å². The van der Waals surface area contributed by atoms with E-state index in [0.29, 0.717) is 43.4 Å². The van der Waals surface area contributed by atoms with Gasteiger partial charge in [-0.25, -0.2) is 8.42 Å².